The number of alkyl carbamates (subject to hydrolysis) is 1. The molecule has 148 valence electrons. The number of amides is 1. The first-order valence-electron chi connectivity index (χ1n) is 8.57. The zero-order valence-electron chi connectivity index (χ0n) is 15.0. The molecule has 0 saturated carbocycles. The monoisotopic (exact) mass is 387 g/mol. The highest BCUT2D eigenvalue weighted by molar-refractivity contribution is 5.84. The number of hydrogen-bond acceptors (Lipinski definition) is 5. The Morgan fingerprint density at radius 3 is 2.21 bits per heavy atom. The fourth-order valence-corrected chi connectivity index (χ4v) is 2.31. The average molecular weight is 387 g/mol. The molecule has 0 heterocycles. The van der Waals surface area contributed by atoms with Gasteiger partial charge in [0.1, 0.15) is 18.4 Å². The first-order chi connectivity index (χ1) is 13.4. The Labute approximate surface area is 161 Å². The van der Waals surface area contributed by atoms with Crippen LogP contribution in [0.1, 0.15) is 17.5 Å². The third-order valence-electron chi connectivity index (χ3n) is 3.76. The molecule has 8 nitrogen and oxygen atoms in total. The molecule has 3 N–H and O–H groups in total. The van der Waals surface area contributed by atoms with Crippen LogP contribution in [0, 0.1) is 0 Å². The van der Waals surface area contributed by atoms with Crippen molar-refractivity contribution in [2.45, 2.75) is 25.5 Å². The molecule has 1 atom stereocenters. The van der Waals surface area contributed by atoms with Crippen molar-refractivity contribution in [1.29, 1.82) is 0 Å². The lowest BCUT2D eigenvalue weighted by molar-refractivity contribution is -0.145. The maximum Gasteiger partial charge on any atom is 0.407 e. The molecule has 0 spiro atoms. The van der Waals surface area contributed by atoms with E-state index in [1.54, 1.807) is 0 Å². The Morgan fingerprint density at radius 2 is 1.61 bits per heavy atom. The molecule has 0 aliphatic rings. The highest BCUT2D eigenvalue weighted by atomic mass is 16.5. The van der Waals surface area contributed by atoms with Gasteiger partial charge in [-0.3, -0.25) is 4.79 Å². The number of carbonyl (C=O) groups is 3. The Kier molecular flexibility index (Phi) is 7.83. The molecule has 28 heavy (non-hydrogen) atoms. The summed E-state index contributed by atoms with van der Waals surface area (Å²) in [6, 6.07) is 15.5. The van der Waals surface area contributed by atoms with Gasteiger partial charge in [-0.1, -0.05) is 42.5 Å². The topological polar surface area (TPSA) is 122 Å². The minimum Gasteiger partial charge on any atom is -0.489 e. The average Bonchev–Trinajstić information content (AvgIpc) is 2.67. The third-order valence-corrected chi connectivity index (χ3v) is 3.76. The number of carbonyl (C=O) groups excluding carboxylic acids is 1. The van der Waals surface area contributed by atoms with E-state index < -0.39 is 30.5 Å². The third kappa shape index (κ3) is 7.36. The molecule has 0 aliphatic carbocycles. The summed E-state index contributed by atoms with van der Waals surface area (Å²) in [6.07, 6.45) is -1.28. The molecular formula is C20H21NO7. The molecule has 0 saturated heterocycles. The van der Waals surface area contributed by atoms with E-state index in [0.29, 0.717) is 18.8 Å². The predicted molar refractivity (Wildman–Crippen MR) is 99.1 cm³/mol. The Bertz CT molecular complexity index is 790. The smallest absolute Gasteiger partial charge is 0.407 e. The van der Waals surface area contributed by atoms with Gasteiger partial charge in [-0.2, -0.15) is 0 Å². The molecule has 1 unspecified atom stereocenters. The van der Waals surface area contributed by atoms with Gasteiger partial charge in [-0.25, -0.2) is 9.59 Å². The number of ether oxygens (including phenoxy) is 2. The van der Waals surface area contributed by atoms with Gasteiger partial charge in [0.25, 0.3) is 0 Å². The van der Waals surface area contributed by atoms with Crippen molar-refractivity contribution in [2.75, 3.05) is 6.61 Å². The standard InChI is InChI=1S/C20H21NO7/c22-18(23)12-17(19(24)25)21-20(26)27-11-10-14-6-8-16(9-7-14)28-13-15-4-2-1-3-5-15/h1-9,17H,10-13H2,(H,21,26)(H,22,23)(H,24,25). The number of carboxylic acids is 2. The summed E-state index contributed by atoms with van der Waals surface area (Å²) in [5.41, 5.74) is 1.97. The molecule has 1 amide bonds. The molecule has 2 rings (SSSR count). The van der Waals surface area contributed by atoms with Gasteiger partial charge >= 0.3 is 18.0 Å². The molecular weight excluding hydrogens is 366 g/mol. The minimum atomic E-state index is -1.54. The van der Waals surface area contributed by atoms with E-state index in [1.165, 1.54) is 0 Å². The van der Waals surface area contributed by atoms with Crippen molar-refractivity contribution in [2.24, 2.45) is 0 Å². The zero-order chi connectivity index (χ0) is 20.4. The van der Waals surface area contributed by atoms with Gasteiger partial charge < -0.3 is 25.0 Å². The van der Waals surface area contributed by atoms with Gasteiger partial charge in [0.2, 0.25) is 0 Å². The van der Waals surface area contributed by atoms with E-state index in [2.05, 4.69) is 0 Å². The molecule has 0 radical (unpaired) electrons. The quantitative estimate of drug-likeness (QED) is 0.572. The normalized spacial score (nSPS) is 11.3. The van der Waals surface area contributed by atoms with E-state index in [9.17, 15) is 14.4 Å². The summed E-state index contributed by atoms with van der Waals surface area (Å²) in [5.74, 6) is -2.06. The summed E-state index contributed by atoms with van der Waals surface area (Å²) >= 11 is 0. The van der Waals surface area contributed by atoms with E-state index in [0.717, 1.165) is 11.1 Å². The SMILES string of the molecule is O=C(O)CC(NC(=O)OCCc1ccc(OCc2ccccc2)cc1)C(=O)O. The molecule has 2 aromatic rings. The number of nitrogens with one attached hydrogen (secondary N) is 1. The number of hydrogen-bond donors (Lipinski definition) is 3. The summed E-state index contributed by atoms with van der Waals surface area (Å²) in [7, 11) is 0. The first-order valence-corrected chi connectivity index (χ1v) is 8.57. The van der Waals surface area contributed by atoms with Crippen LogP contribution in [0.25, 0.3) is 0 Å². The summed E-state index contributed by atoms with van der Waals surface area (Å²) in [5, 5.41) is 19.5. The van der Waals surface area contributed by atoms with Crippen LogP contribution in [-0.4, -0.2) is 40.9 Å². The highest BCUT2D eigenvalue weighted by Gasteiger charge is 2.23. The van der Waals surface area contributed by atoms with Crippen LogP contribution < -0.4 is 10.1 Å². The van der Waals surface area contributed by atoms with Crippen molar-refractivity contribution >= 4 is 18.0 Å². The summed E-state index contributed by atoms with van der Waals surface area (Å²) in [4.78, 5) is 33.1. The second-order valence-electron chi connectivity index (χ2n) is 5.94. The van der Waals surface area contributed by atoms with Gasteiger partial charge in [-0.05, 0) is 23.3 Å². The van der Waals surface area contributed by atoms with Crippen molar-refractivity contribution in [1.82, 2.24) is 5.32 Å². The lowest BCUT2D eigenvalue weighted by Crippen LogP contribution is -2.42. The van der Waals surface area contributed by atoms with Crippen molar-refractivity contribution < 1.29 is 34.1 Å². The zero-order valence-corrected chi connectivity index (χ0v) is 15.0. The lowest BCUT2D eigenvalue weighted by atomic mass is 10.1. The van der Waals surface area contributed by atoms with Crippen LogP contribution in [0.15, 0.2) is 54.6 Å². The Balaban J connectivity index is 1.73. The predicted octanol–water partition coefficient (Wildman–Crippen LogP) is 2.46. The van der Waals surface area contributed by atoms with Gasteiger partial charge in [0, 0.05) is 6.42 Å². The largest absolute Gasteiger partial charge is 0.489 e. The van der Waals surface area contributed by atoms with E-state index in [1.807, 2.05) is 59.9 Å². The first kappa shape index (κ1) is 20.8. The maximum atomic E-state index is 11.6. The van der Waals surface area contributed by atoms with Crippen molar-refractivity contribution in [3.05, 3.63) is 65.7 Å². The number of benzene rings is 2. The van der Waals surface area contributed by atoms with Crippen LogP contribution in [0.2, 0.25) is 0 Å². The Morgan fingerprint density at radius 1 is 0.929 bits per heavy atom. The minimum absolute atomic E-state index is 0.0233. The molecule has 0 aliphatic heterocycles. The van der Waals surface area contributed by atoms with Gasteiger partial charge in [0.05, 0.1) is 13.0 Å². The Hall–Kier alpha value is -3.55. The van der Waals surface area contributed by atoms with Crippen LogP contribution in [0.3, 0.4) is 0 Å². The highest BCUT2D eigenvalue weighted by Crippen LogP contribution is 2.14. The number of rotatable bonds is 10. The van der Waals surface area contributed by atoms with Crippen LogP contribution in [-0.2, 0) is 27.4 Å². The van der Waals surface area contributed by atoms with E-state index in [4.69, 9.17) is 19.7 Å². The van der Waals surface area contributed by atoms with Crippen molar-refractivity contribution in [3.63, 3.8) is 0 Å². The van der Waals surface area contributed by atoms with Crippen LogP contribution in [0.5, 0.6) is 5.75 Å². The fraction of sp³-hybridized carbons (Fsp3) is 0.250. The van der Waals surface area contributed by atoms with Gasteiger partial charge in [-0.15, -0.1) is 0 Å². The van der Waals surface area contributed by atoms with Gasteiger partial charge in [0.15, 0.2) is 0 Å². The summed E-state index contributed by atoms with van der Waals surface area (Å²) in [6.45, 7) is 0.486. The van der Waals surface area contributed by atoms with E-state index in [-0.39, 0.29) is 6.61 Å². The molecule has 0 fully saturated rings. The summed E-state index contributed by atoms with van der Waals surface area (Å²) < 4.78 is 10.6. The molecule has 0 aromatic heterocycles. The van der Waals surface area contributed by atoms with Crippen LogP contribution in [0.4, 0.5) is 4.79 Å². The molecule has 8 heteroatoms. The maximum absolute atomic E-state index is 11.6. The van der Waals surface area contributed by atoms with E-state index >= 15 is 0 Å². The fourth-order valence-electron chi connectivity index (χ4n) is 2.31. The molecule has 0 bridgehead atoms. The second-order valence-corrected chi connectivity index (χ2v) is 5.94. The second kappa shape index (κ2) is 10.6. The number of carboxylic acid groups (broad SMARTS) is 2. The molecule has 2 aromatic carbocycles. The lowest BCUT2D eigenvalue weighted by Gasteiger charge is -2.12. The van der Waals surface area contributed by atoms with Crippen LogP contribution >= 0.6 is 0 Å². The number of aliphatic carboxylic acids is 2. The van der Waals surface area contributed by atoms with Crippen molar-refractivity contribution in [3.8, 4) is 5.75 Å².